The fourth-order valence-electron chi connectivity index (χ4n) is 3.58. The van der Waals surface area contributed by atoms with Gasteiger partial charge in [0, 0.05) is 46.5 Å². The molecule has 1 aromatic carbocycles. The molecule has 1 fully saturated rings. The van der Waals surface area contributed by atoms with E-state index in [-0.39, 0.29) is 42.0 Å². The number of anilines is 1. The Kier molecular flexibility index (Phi) is 9.29. The molecule has 0 aliphatic carbocycles. The monoisotopic (exact) mass is 527 g/mol. The largest absolute Gasteiger partial charge is 0.372 e. The van der Waals surface area contributed by atoms with E-state index in [0.29, 0.717) is 13.1 Å². The van der Waals surface area contributed by atoms with Crippen LogP contribution in [0, 0.1) is 5.82 Å². The number of pyridine rings is 1. The number of nitrogens with one attached hydrogen (secondary N) is 1. The van der Waals surface area contributed by atoms with Crippen molar-refractivity contribution in [1.29, 1.82) is 0 Å². The molecule has 8 heteroatoms. The number of rotatable bonds is 5. The van der Waals surface area contributed by atoms with Crippen LogP contribution >= 0.6 is 24.0 Å². The summed E-state index contributed by atoms with van der Waals surface area (Å²) in [6.07, 6.45) is 2.32. The highest BCUT2D eigenvalue weighted by atomic mass is 127. The van der Waals surface area contributed by atoms with Crippen molar-refractivity contribution < 1.29 is 9.13 Å². The van der Waals surface area contributed by atoms with Crippen LogP contribution in [0.25, 0.3) is 0 Å². The highest BCUT2D eigenvalue weighted by Crippen LogP contribution is 2.18. The summed E-state index contributed by atoms with van der Waals surface area (Å²) < 4.78 is 18.9. The number of aliphatic imine (C=N–C) groups is 1. The summed E-state index contributed by atoms with van der Waals surface area (Å²) in [4.78, 5) is 13.3. The minimum absolute atomic E-state index is 0. The molecule has 0 spiro atoms. The highest BCUT2D eigenvalue weighted by molar-refractivity contribution is 14.0. The van der Waals surface area contributed by atoms with E-state index in [9.17, 15) is 4.39 Å². The lowest BCUT2D eigenvalue weighted by atomic mass is 10.2. The van der Waals surface area contributed by atoms with E-state index in [0.717, 1.165) is 36.0 Å². The Hall–Kier alpha value is -1.94. The topological polar surface area (TPSA) is 53.0 Å². The van der Waals surface area contributed by atoms with Gasteiger partial charge in [0.05, 0.1) is 12.2 Å². The van der Waals surface area contributed by atoms with Crippen molar-refractivity contribution in [3.05, 3.63) is 59.5 Å². The Labute approximate surface area is 195 Å². The van der Waals surface area contributed by atoms with E-state index < -0.39 is 0 Å². The maximum absolute atomic E-state index is 13.1. The van der Waals surface area contributed by atoms with Crippen molar-refractivity contribution >= 4 is 35.8 Å². The van der Waals surface area contributed by atoms with Crippen LogP contribution in [0.1, 0.15) is 25.0 Å². The molecule has 2 atom stereocenters. The molecule has 2 unspecified atom stereocenters. The molecule has 0 bridgehead atoms. The third kappa shape index (κ3) is 6.80. The van der Waals surface area contributed by atoms with E-state index in [4.69, 9.17) is 4.74 Å². The number of benzene rings is 1. The van der Waals surface area contributed by atoms with Crippen molar-refractivity contribution in [2.24, 2.45) is 4.99 Å². The van der Waals surface area contributed by atoms with Crippen molar-refractivity contribution in [3.8, 4) is 0 Å². The first-order chi connectivity index (χ1) is 13.9. The minimum atomic E-state index is -0.226. The lowest BCUT2D eigenvalue weighted by Crippen LogP contribution is -2.45. The van der Waals surface area contributed by atoms with Crippen LogP contribution in [0.3, 0.4) is 0 Å². The standard InChI is InChI=1S/C22H30FN5O.HI/c1-16-13-28(14-17(2)29-16)21-10-7-19(11-25-21)12-26-22(24-3)27(4)15-18-5-8-20(23)9-6-18;/h5-11,16-17H,12-15H2,1-4H3,(H,24,26);1H. The average molecular weight is 527 g/mol. The van der Waals surface area contributed by atoms with E-state index >= 15 is 0 Å². The highest BCUT2D eigenvalue weighted by Gasteiger charge is 2.22. The predicted molar refractivity (Wildman–Crippen MR) is 130 cm³/mol. The molecule has 1 aliphatic heterocycles. The van der Waals surface area contributed by atoms with Crippen LogP contribution in [-0.4, -0.2) is 55.2 Å². The van der Waals surface area contributed by atoms with Gasteiger partial charge in [0.25, 0.3) is 0 Å². The number of ether oxygens (including phenoxy) is 1. The Balaban J connectivity index is 0.00000320. The first kappa shape index (κ1) is 24.3. The second kappa shape index (κ2) is 11.5. The van der Waals surface area contributed by atoms with Gasteiger partial charge in [-0.3, -0.25) is 4.99 Å². The number of halogens is 2. The molecule has 0 saturated carbocycles. The third-order valence-corrected chi connectivity index (χ3v) is 4.91. The molecule has 0 radical (unpaired) electrons. The zero-order chi connectivity index (χ0) is 20.8. The Morgan fingerprint density at radius 3 is 2.37 bits per heavy atom. The number of guanidine groups is 1. The number of hydrogen-bond donors (Lipinski definition) is 1. The smallest absolute Gasteiger partial charge is 0.193 e. The SMILES string of the molecule is CN=C(NCc1ccc(N2CC(C)OC(C)C2)nc1)N(C)Cc1ccc(F)cc1.I. The Bertz CT molecular complexity index is 805. The summed E-state index contributed by atoms with van der Waals surface area (Å²) in [6, 6.07) is 10.7. The van der Waals surface area contributed by atoms with Crippen molar-refractivity contribution in [1.82, 2.24) is 15.2 Å². The molecular weight excluding hydrogens is 496 g/mol. The second-order valence-electron chi connectivity index (χ2n) is 7.57. The average Bonchev–Trinajstić information content (AvgIpc) is 2.70. The van der Waals surface area contributed by atoms with Crippen molar-refractivity contribution in [2.45, 2.75) is 39.1 Å². The summed E-state index contributed by atoms with van der Waals surface area (Å²) in [5.41, 5.74) is 2.11. The maximum atomic E-state index is 13.1. The first-order valence-corrected chi connectivity index (χ1v) is 9.96. The van der Waals surface area contributed by atoms with Crippen LogP contribution in [0.4, 0.5) is 10.2 Å². The van der Waals surface area contributed by atoms with Crippen LogP contribution < -0.4 is 10.2 Å². The van der Waals surface area contributed by atoms with Gasteiger partial charge in [0.1, 0.15) is 11.6 Å². The minimum Gasteiger partial charge on any atom is -0.372 e. The quantitative estimate of drug-likeness (QED) is 0.366. The second-order valence-corrected chi connectivity index (χ2v) is 7.57. The molecule has 1 aliphatic rings. The fraction of sp³-hybridized carbons (Fsp3) is 0.455. The molecule has 0 amide bonds. The van der Waals surface area contributed by atoms with Gasteiger partial charge in [-0.2, -0.15) is 0 Å². The van der Waals surface area contributed by atoms with Gasteiger partial charge in [0.2, 0.25) is 0 Å². The first-order valence-electron chi connectivity index (χ1n) is 9.96. The summed E-state index contributed by atoms with van der Waals surface area (Å²) >= 11 is 0. The van der Waals surface area contributed by atoms with Gasteiger partial charge in [-0.1, -0.05) is 18.2 Å². The summed E-state index contributed by atoms with van der Waals surface area (Å²) in [5.74, 6) is 1.53. The molecule has 30 heavy (non-hydrogen) atoms. The van der Waals surface area contributed by atoms with Gasteiger partial charge in [-0.25, -0.2) is 9.37 Å². The number of morpholine rings is 1. The predicted octanol–water partition coefficient (Wildman–Crippen LogP) is 3.66. The fourth-order valence-corrected chi connectivity index (χ4v) is 3.58. The molecule has 1 saturated heterocycles. The van der Waals surface area contributed by atoms with Crippen LogP contribution in [0.15, 0.2) is 47.6 Å². The number of hydrogen-bond acceptors (Lipinski definition) is 4. The maximum Gasteiger partial charge on any atom is 0.193 e. The van der Waals surface area contributed by atoms with E-state index in [1.165, 1.54) is 12.1 Å². The molecule has 6 nitrogen and oxygen atoms in total. The Morgan fingerprint density at radius 2 is 1.80 bits per heavy atom. The molecule has 3 rings (SSSR count). The molecule has 2 aromatic rings. The van der Waals surface area contributed by atoms with Crippen LogP contribution in [0.5, 0.6) is 0 Å². The van der Waals surface area contributed by atoms with Gasteiger partial charge < -0.3 is 19.9 Å². The normalized spacial score (nSPS) is 19.2. The van der Waals surface area contributed by atoms with Crippen molar-refractivity contribution in [3.63, 3.8) is 0 Å². The zero-order valence-corrected chi connectivity index (χ0v) is 20.3. The van der Waals surface area contributed by atoms with Gasteiger partial charge in [0.15, 0.2) is 5.96 Å². The van der Waals surface area contributed by atoms with Gasteiger partial charge >= 0.3 is 0 Å². The molecule has 1 aromatic heterocycles. The molecule has 2 heterocycles. The summed E-state index contributed by atoms with van der Waals surface area (Å²) in [6.45, 7) is 7.17. The third-order valence-electron chi connectivity index (χ3n) is 4.91. The van der Waals surface area contributed by atoms with Gasteiger partial charge in [-0.05, 0) is 43.2 Å². The summed E-state index contributed by atoms with van der Waals surface area (Å²) in [7, 11) is 3.71. The number of aromatic nitrogens is 1. The zero-order valence-electron chi connectivity index (χ0n) is 18.0. The van der Waals surface area contributed by atoms with E-state index in [2.05, 4.69) is 46.2 Å². The van der Waals surface area contributed by atoms with Crippen molar-refractivity contribution in [2.75, 3.05) is 32.1 Å². The van der Waals surface area contributed by atoms with Crippen LogP contribution in [-0.2, 0) is 17.8 Å². The summed E-state index contributed by atoms with van der Waals surface area (Å²) in [5, 5.41) is 3.36. The van der Waals surface area contributed by atoms with Crippen LogP contribution in [0.2, 0.25) is 0 Å². The molecule has 164 valence electrons. The lowest BCUT2D eigenvalue weighted by molar-refractivity contribution is -0.00545. The molecule has 1 N–H and O–H groups in total. The van der Waals surface area contributed by atoms with Gasteiger partial charge in [-0.15, -0.1) is 24.0 Å². The Morgan fingerprint density at radius 1 is 1.17 bits per heavy atom. The molecular formula is C22H31FIN5O. The number of nitrogens with zero attached hydrogens (tertiary/aromatic N) is 4. The van der Waals surface area contributed by atoms with E-state index in [1.807, 2.05) is 18.1 Å². The van der Waals surface area contributed by atoms with E-state index in [1.54, 1.807) is 19.2 Å². The lowest BCUT2D eigenvalue weighted by Gasteiger charge is -2.36.